The van der Waals surface area contributed by atoms with E-state index < -0.39 is 0 Å². The molecule has 2 aromatic heterocycles. The van der Waals surface area contributed by atoms with Crippen LogP contribution in [0.15, 0.2) is 17.1 Å². The molecule has 0 saturated heterocycles. The van der Waals surface area contributed by atoms with Crippen LogP contribution < -0.4 is 5.56 Å². The minimum Gasteiger partial charge on any atom is -0.355 e. The van der Waals surface area contributed by atoms with Crippen molar-refractivity contribution in [2.75, 3.05) is 0 Å². The van der Waals surface area contributed by atoms with E-state index in [0.717, 1.165) is 30.6 Å². The number of H-pyrrole nitrogens is 2. The molecule has 0 atom stereocenters. The molecule has 0 spiro atoms. The third-order valence-corrected chi connectivity index (χ3v) is 2.23. The van der Waals surface area contributed by atoms with E-state index in [-0.39, 0.29) is 5.56 Å². The molecule has 0 radical (unpaired) electrons. The van der Waals surface area contributed by atoms with Crippen molar-refractivity contribution in [1.29, 1.82) is 0 Å². The van der Waals surface area contributed by atoms with E-state index in [1.807, 2.05) is 6.07 Å². The summed E-state index contributed by atoms with van der Waals surface area (Å²) in [7, 11) is 0. The number of aromatic nitrogens is 3. The van der Waals surface area contributed by atoms with Crippen molar-refractivity contribution in [3.05, 3.63) is 28.4 Å². The molecule has 0 aliphatic heterocycles. The summed E-state index contributed by atoms with van der Waals surface area (Å²) >= 11 is 0. The summed E-state index contributed by atoms with van der Waals surface area (Å²) in [5.74, 6) is 0.781. The molecular formula is C10H13N3O. The fourth-order valence-electron chi connectivity index (χ4n) is 1.47. The second-order valence-corrected chi connectivity index (χ2v) is 3.35. The van der Waals surface area contributed by atoms with E-state index in [4.69, 9.17) is 0 Å². The molecular weight excluding hydrogens is 178 g/mol. The first-order valence-electron chi connectivity index (χ1n) is 4.87. The van der Waals surface area contributed by atoms with Gasteiger partial charge in [-0.3, -0.25) is 4.79 Å². The van der Waals surface area contributed by atoms with Gasteiger partial charge in [0.1, 0.15) is 11.3 Å². The van der Waals surface area contributed by atoms with Crippen LogP contribution in [0.2, 0.25) is 0 Å². The van der Waals surface area contributed by atoms with Gasteiger partial charge in [0.25, 0.3) is 5.56 Å². The molecule has 4 nitrogen and oxygen atoms in total. The van der Waals surface area contributed by atoms with Crippen LogP contribution in [0.4, 0.5) is 0 Å². The van der Waals surface area contributed by atoms with Crippen LogP contribution in [0.3, 0.4) is 0 Å². The predicted molar refractivity (Wildman–Crippen MR) is 55.3 cm³/mol. The number of aromatic amines is 2. The van der Waals surface area contributed by atoms with Gasteiger partial charge in [-0.05, 0) is 12.5 Å². The molecule has 0 bridgehead atoms. The fourth-order valence-corrected chi connectivity index (χ4v) is 1.47. The van der Waals surface area contributed by atoms with Gasteiger partial charge in [0.15, 0.2) is 0 Å². The Balaban J connectivity index is 2.43. The van der Waals surface area contributed by atoms with E-state index >= 15 is 0 Å². The summed E-state index contributed by atoms with van der Waals surface area (Å²) < 4.78 is 0. The van der Waals surface area contributed by atoms with Gasteiger partial charge in [0.2, 0.25) is 0 Å². The summed E-state index contributed by atoms with van der Waals surface area (Å²) in [6.45, 7) is 2.12. The SMILES string of the molecule is CCCCc1nc2cc[nH]c2c(=O)[nH]1. The summed E-state index contributed by atoms with van der Waals surface area (Å²) in [5, 5.41) is 0. The molecule has 2 heterocycles. The highest BCUT2D eigenvalue weighted by atomic mass is 16.1. The third-order valence-electron chi connectivity index (χ3n) is 2.23. The van der Waals surface area contributed by atoms with Gasteiger partial charge in [0.05, 0.1) is 5.52 Å². The fraction of sp³-hybridized carbons (Fsp3) is 0.400. The van der Waals surface area contributed by atoms with E-state index in [2.05, 4.69) is 21.9 Å². The average molecular weight is 191 g/mol. The molecule has 2 aromatic rings. The van der Waals surface area contributed by atoms with Crippen LogP contribution >= 0.6 is 0 Å². The van der Waals surface area contributed by atoms with Gasteiger partial charge < -0.3 is 9.97 Å². The maximum Gasteiger partial charge on any atom is 0.275 e. The van der Waals surface area contributed by atoms with E-state index in [1.54, 1.807) is 6.20 Å². The Morgan fingerprint density at radius 3 is 3.14 bits per heavy atom. The van der Waals surface area contributed by atoms with Crippen molar-refractivity contribution in [2.24, 2.45) is 0 Å². The molecule has 0 fully saturated rings. The Morgan fingerprint density at radius 2 is 2.36 bits per heavy atom. The minimum atomic E-state index is -0.0777. The van der Waals surface area contributed by atoms with Gasteiger partial charge in [-0.2, -0.15) is 0 Å². The Bertz CT molecular complexity index is 483. The second-order valence-electron chi connectivity index (χ2n) is 3.35. The molecule has 2 N–H and O–H groups in total. The van der Waals surface area contributed by atoms with Crippen LogP contribution in [0.1, 0.15) is 25.6 Å². The number of rotatable bonds is 3. The highest BCUT2D eigenvalue weighted by molar-refractivity contribution is 5.73. The van der Waals surface area contributed by atoms with Crippen molar-refractivity contribution < 1.29 is 0 Å². The van der Waals surface area contributed by atoms with Crippen LogP contribution in [0, 0.1) is 0 Å². The maximum atomic E-state index is 11.5. The first-order valence-corrected chi connectivity index (χ1v) is 4.87. The summed E-state index contributed by atoms with van der Waals surface area (Å²) in [5.41, 5.74) is 1.23. The Kier molecular flexibility index (Phi) is 2.35. The lowest BCUT2D eigenvalue weighted by atomic mass is 10.2. The normalized spacial score (nSPS) is 10.9. The Hall–Kier alpha value is -1.58. The number of fused-ring (bicyclic) bond motifs is 1. The lowest BCUT2D eigenvalue weighted by Crippen LogP contribution is -2.11. The third kappa shape index (κ3) is 1.55. The lowest BCUT2D eigenvalue weighted by molar-refractivity contribution is 0.753. The zero-order valence-electron chi connectivity index (χ0n) is 8.13. The molecule has 2 rings (SSSR count). The number of unbranched alkanes of at least 4 members (excludes halogenated alkanes) is 1. The van der Waals surface area contributed by atoms with Crippen molar-refractivity contribution in [2.45, 2.75) is 26.2 Å². The van der Waals surface area contributed by atoms with E-state index in [0.29, 0.717) is 5.52 Å². The van der Waals surface area contributed by atoms with Crippen LogP contribution in [0.5, 0.6) is 0 Å². The highest BCUT2D eigenvalue weighted by Gasteiger charge is 2.03. The monoisotopic (exact) mass is 191 g/mol. The first-order chi connectivity index (χ1) is 6.81. The maximum absolute atomic E-state index is 11.5. The zero-order valence-corrected chi connectivity index (χ0v) is 8.13. The van der Waals surface area contributed by atoms with Crippen LogP contribution in [-0.2, 0) is 6.42 Å². The topological polar surface area (TPSA) is 61.5 Å². The molecule has 14 heavy (non-hydrogen) atoms. The molecule has 0 amide bonds. The molecule has 0 aliphatic rings. The predicted octanol–water partition coefficient (Wildman–Crippen LogP) is 1.59. The Labute approximate surface area is 81.4 Å². The van der Waals surface area contributed by atoms with Gasteiger partial charge >= 0.3 is 0 Å². The van der Waals surface area contributed by atoms with Gasteiger partial charge in [-0.1, -0.05) is 13.3 Å². The van der Waals surface area contributed by atoms with Crippen LogP contribution in [0.25, 0.3) is 11.0 Å². The first kappa shape index (κ1) is 8.99. The van der Waals surface area contributed by atoms with E-state index in [9.17, 15) is 4.79 Å². The van der Waals surface area contributed by atoms with Crippen molar-refractivity contribution in [1.82, 2.24) is 15.0 Å². The summed E-state index contributed by atoms with van der Waals surface area (Å²) in [6.07, 6.45) is 4.73. The number of hydrogen-bond acceptors (Lipinski definition) is 2. The number of aryl methyl sites for hydroxylation is 1. The van der Waals surface area contributed by atoms with Crippen molar-refractivity contribution >= 4 is 11.0 Å². The quantitative estimate of drug-likeness (QED) is 0.774. The van der Waals surface area contributed by atoms with Crippen molar-refractivity contribution in [3.63, 3.8) is 0 Å². The smallest absolute Gasteiger partial charge is 0.275 e. The highest BCUT2D eigenvalue weighted by Crippen LogP contribution is 2.05. The minimum absolute atomic E-state index is 0.0777. The molecule has 74 valence electrons. The Morgan fingerprint density at radius 1 is 1.50 bits per heavy atom. The zero-order chi connectivity index (χ0) is 9.97. The summed E-state index contributed by atoms with van der Waals surface area (Å²) in [6, 6.07) is 1.82. The second kappa shape index (κ2) is 3.65. The average Bonchev–Trinajstić information content (AvgIpc) is 2.63. The lowest BCUT2D eigenvalue weighted by Gasteiger charge is -1.98. The number of nitrogens with one attached hydrogen (secondary N) is 2. The van der Waals surface area contributed by atoms with Gasteiger partial charge in [-0.15, -0.1) is 0 Å². The standard InChI is InChI=1S/C10H13N3O/c1-2-3-4-8-12-7-5-6-11-9(7)10(14)13-8/h5-6,11H,2-4H2,1H3,(H,12,13,14). The van der Waals surface area contributed by atoms with Gasteiger partial charge in [0, 0.05) is 12.6 Å². The number of hydrogen-bond donors (Lipinski definition) is 2. The van der Waals surface area contributed by atoms with Gasteiger partial charge in [-0.25, -0.2) is 4.98 Å². The molecule has 0 aliphatic carbocycles. The van der Waals surface area contributed by atoms with Crippen molar-refractivity contribution in [3.8, 4) is 0 Å². The van der Waals surface area contributed by atoms with Crippen LogP contribution in [-0.4, -0.2) is 15.0 Å². The largest absolute Gasteiger partial charge is 0.355 e. The molecule has 0 aromatic carbocycles. The van der Waals surface area contributed by atoms with E-state index in [1.165, 1.54) is 0 Å². The molecule has 4 heteroatoms. The molecule has 0 saturated carbocycles. The summed E-state index contributed by atoms with van der Waals surface area (Å²) in [4.78, 5) is 21.5. The number of nitrogens with zero attached hydrogens (tertiary/aromatic N) is 1. The molecule has 0 unspecified atom stereocenters.